The molecule has 0 spiro atoms. The molecule has 1 unspecified atom stereocenters. The molecule has 8 heteroatoms. The fraction of sp³-hybridized carbons (Fsp3) is 0.259. The highest BCUT2D eigenvalue weighted by Crippen LogP contribution is 2.42. The van der Waals surface area contributed by atoms with Gasteiger partial charge in [0, 0.05) is 28.8 Å². The first-order valence-electron chi connectivity index (χ1n) is 11.7. The number of fused-ring (bicyclic) bond motifs is 1. The Hall–Kier alpha value is -3.52. The van der Waals surface area contributed by atoms with Crippen LogP contribution in [0.25, 0.3) is 27.8 Å². The SMILES string of the molecule is O=C(NC1CCS(=O)(=O)C1)c1ccc2c(-c3cccc(C4CC4)c3)cn(-c3ccc(F)cn3)c2c1. The summed E-state index contributed by atoms with van der Waals surface area (Å²) in [6.45, 7) is 0. The molecule has 1 aliphatic heterocycles. The van der Waals surface area contributed by atoms with E-state index in [2.05, 4.69) is 34.6 Å². The van der Waals surface area contributed by atoms with Crippen LogP contribution in [0.2, 0.25) is 0 Å². The summed E-state index contributed by atoms with van der Waals surface area (Å²) >= 11 is 0. The first kappa shape index (κ1) is 22.0. The number of rotatable bonds is 5. The van der Waals surface area contributed by atoms with Crippen LogP contribution < -0.4 is 5.32 Å². The lowest BCUT2D eigenvalue weighted by Gasteiger charge is -2.11. The van der Waals surface area contributed by atoms with E-state index >= 15 is 0 Å². The third-order valence-corrected chi connectivity index (χ3v) is 8.61. The molecule has 0 radical (unpaired) electrons. The molecule has 3 heterocycles. The Balaban J connectivity index is 1.43. The average Bonchev–Trinajstić information content (AvgIpc) is 3.55. The minimum absolute atomic E-state index is 0.0294. The van der Waals surface area contributed by atoms with Crippen molar-refractivity contribution in [2.24, 2.45) is 0 Å². The summed E-state index contributed by atoms with van der Waals surface area (Å²) in [5.41, 5.74) is 4.60. The van der Waals surface area contributed by atoms with Crippen molar-refractivity contribution >= 4 is 26.6 Å². The Morgan fingerprint density at radius 1 is 1.06 bits per heavy atom. The van der Waals surface area contributed by atoms with Gasteiger partial charge in [0.2, 0.25) is 0 Å². The van der Waals surface area contributed by atoms with E-state index in [4.69, 9.17) is 0 Å². The van der Waals surface area contributed by atoms with Gasteiger partial charge < -0.3 is 9.88 Å². The van der Waals surface area contributed by atoms with Crippen molar-refractivity contribution in [3.8, 4) is 16.9 Å². The summed E-state index contributed by atoms with van der Waals surface area (Å²) in [7, 11) is -3.09. The van der Waals surface area contributed by atoms with Crippen molar-refractivity contribution in [3.63, 3.8) is 0 Å². The molecular formula is C27H24FN3O3S. The Morgan fingerprint density at radius 2 is 1.91 bits per heavy atom. The van der Waals surface area contributed by atoms with Crippen molar-refractivity contribution < 1.29 is 17.6 Å². The van der Waals surface area contributed by atoms with Crippen LogP contribution >= 0.6 is 0 Å². The molecule has 1 amide bonds. The first-order valence-corrected chi connectivity index (χ1v) is 13.6. The normalized spacial score (nSPS) is 19.2. The lowest BCUT2D eigenvalue weighted by atomic mass is 10.00. The summed E-state index contributed by atoms with van der Waals surface area (Å²) in [5, 5.41) is 3.80. The summed E-state index contributed by atoms with van der Waals surface area (Å²) < 4.78 is 39.0. The number of amides is 1. The zero-order valence-corrected chi connectivity index (χ0v) is 19.8. The average molecular weight is 490 g/mol. The molecule has 4 aromatic rings. The van der Waals surface area contributed by atoms with Crippen LogP contribution in [0.1, 0.15) is 41.1 Å². The van der Waals surface area contributed by atoms with Gasteiger partial charge >= 0.3 is 0 Å². The maximum atomic E-state index is 13.6. The molecule has 35 heavy (non-hydrogen) atoms. The van der Waals surface area contributed by atoms with Crippen molar-refractivity contribution in [2.45, 2.75) is 31.2 Å². The van der Waals surface area contributed by atoms with E-state index in [0.29, 0.717) is 23.7 Å². The molecule has 1 aliphatic carbocycles. The molecule has 2 aliphatic rings. The number of pyridine rings is 1. The number of nitrogens with zero attached hydrogens (tertiary/aromatic N) is 2. The fourth-order valence-corrected chi connectivity index (χ4v) is 6.53. The fourth-order valence-electron chi connectivity index (χ4n) is 4.85. The molecule has 178 valence electrons. The molecule has 1 atom stereocenters. The van der Waals surface area contributed by atoms with E-state index in [-0.39, 0.29) is 23.5 Å². The van der Waals surface area contributed by atoms with Gasteiger partial charge in [0.25, 0.3) is 5.91 Å². The monoisotopic (exact) mass is 489 g/mol. The van der Waals surface area contributed by atoms with Crippen LogP contribution in [-0.2, 0) is 9.84 Å². The Labute approximate surface area is 202 Å². The number of benzene rings is 2. The number of aromatic nitrogens is 2. The van der Waals surface area contributed by atoms with E-state index in [9.17, 15) is 17.6 Å². The molecule has 6 rings (SSSR count). The van der Waals surface area contributed by atoms with Gasteiger partial charge in [-0.05, 0) is 60.6 Å². The van der Waals surface area contributed by atoms with Gasteiger partial charge in [0.05, 0.1) is 23.2 Å². The summed E-state index contributed by atoms with van der Waals surface area (Å²) in [5.74, 6) is 0.495. The molecule has 2 aromatic carbocycles. The summed E-state index contributed by atoms with van der Waals surface area (Å²) in [4.78, 5) is 17.2. The highest BCUT2D eigenvalue weighted by atomic mass is 32.2. The number of sulfone groups is 1. The van der Waals surface area contributed by atoms with Gasteiger partial charge in [-0.1, -0.05) is 30.3 Å². The summed E-state index contributed by atoms with van der Waals surface area (Å²) in [6.07, 6.45) is 6.00. The topological polar surface area (TPSA) is 81.1 Å². The minimum atomic E-state index is -3.09. The summed E-state index contributed by atoms with van der Waals surface area (Å²) in [6, 6.07) is 16.6. The van der Waals surface area contributed by atoms with E-state index in [1.165, 1.54) is 30.7 Å². The lowest BCUT2D eigenvalue weighted by Crippen LogP contribution is -2.35. The third-order valence-electron chi connectivity index (χ3n) is 6.84. The maximum Gasteiger partial charge on any atom is 0.251 e. The molecule has 2 aromatic heterocycles. The van der Waals surface area contributed by atoms with Gasteiger partial charge in [-0.3, -0.25) is 4.79 Å². The number of hydrogen-bond donors (Lipinski definition) is 1. The van der Waals surface area contributed by atoms with Gasteiger partial charge in [0.1, 0.15) is 11.6 Å². The Bertz CT molecular complexity index is 1560. The van der Waals surface area contributed by atoms with Crippen molar-refractivity contribution in [2.75, 3.05) is 11.5 Å². The van der Waals surface area contributed by atoms with Crippen LogP contribution in [0.5, 0.6) is 0 Å². The number of carbonyl (C=O) groups is 1. The smallest absolute Gasteiger partial charge is 0.251 e. The second-order valence-electron chi connectivity index (χ2n) is 9.45. The number of halogens is 1. The predicted molar refractivity (Wildman–Crippen MR) is 133 cm³/mol. The largest absolute Gasteiger partial charge is 0.348 e. The second-order valence-corrected chi connectivity index (χ2v) is 11.7. The maximum absolute atomic E-state index is 13.6. The van der Waals surface area contributed by atoms with E-state index in [1.807, 2.05) is 16.8 Å². The third kappa shape index (κ3) is 4.34. The zero-order valence-electron chi connectivity index (χ0n) is 18.9. The lowest BCUT2D eigenvalue weighted by molar-refractivity contribution is 0.0941. The highest BCUT2D eigenvalue weighted by molar-refractivity contribution is 7.91. The van der Waals surface area contributed by atoms with Crippen molar-refractivity contribution in [3.05, 3.63) is 83.9 Å². The zero-order chi connectivity index (χ0) is 24.2. The van der Waals surface area contributed by atoms with Crippen molar-refractivity contribution in [1.29, 1.82) is 0 Å². The Kier molecular flexibility index (Phi) is 5.21. The van der Waals surface area contributed by atoms with Gasteiger partial charge in [0.15, 0.2) is 9.84 Å². The van der Waals surface area contributed by atoms with Crippen LogP contribution in [0.15, 0.2) is 67.0 Å². The number of nitrogens with one attached hydrogen (secondary N) is 1. The van der Waals surface area contributed by atoms with Crippen LogP contribution in [0.3, 0.4) is 0 Å². The van der Waals surface area contributed by atoms with E-state index in [1.54, 1.807) is 18.2 Å². The molecule has 6 nitrogen and oxygen atoms in total. The number of carbonyl (C=O) groups excluding carboxylic acids is 1. The standard InChI is InChI=1S/C27H24FN3O3S/c28-21-7-9-26(29-14-21)31-15-24(19-3-1-2-18(12-19)17-4-5-17)23-8-6-20(13-25(23)31)27(32)30-22-10-11-35(33,34)16-22/h1-3,6-9,12-15,17,22H,4-5,10-11,16H2,(H,30,32). The predicted octanol–water partition coefficient (Wildman–Crippen LogP) is 4.63. The van der Waals surface area contributed by atoms with Crippen LogP contribution in [-0.4, -0.2) is 41.4 Å². The number of hydrogen-bond acceptors (Lipinski definition) is 4. The van der Waals surface area contributed by atoms with Gasteiger partial charge in [-0.15, -0.1) is 0 Å². The van der Waals surface area contributed by atoms with Gasteiger partial charge in [-0.2, -0.15) is 0 Å². The minimum Gasteiger partial charge on any atom is -0.348 e. The molecule has 1 saturated carbocycles. The molecular weight excluding hydrogens is 465 g/mol. The highest BCUT2D eigenvalue weighted by Gasteiger charge is 2.29. The molecule has 2 fully saturated rings. The second kappa shape index (κ2) is 8.30. The molecule has 0 bridgehead atoms. The van der Waals surface area contributed by atoms with E-state index < -0.39 is 15.7 Å². The molecule has 1 saturated heterocycles. The quantitative estimate of drug-likeness (QED) is 0.443. The molecule has 1 N–H and O–H groups in total. The first-order chi connectivity index (χ1) is 16.9. The van der Waals surface area contributed by atoms with Crippen LogP contribution in [0.4, 0.5) is 4.39 Å². The Morgan fingerprint density at radius 3 is 2.63 bits per heavy atom. The van der Waals surface area contributed by atoms with Gasteiger partial charge in [-0.25, -0.2) is 17.8 Å². The van der Waals surface area contributed by atoms with E-state index in [0.717, 1.165) is 22.0 Å². The van der Waals surface area contributed by atoms with Crippen molar-refractivity contribution in [1.82, 2.24) is 14.9 Å². The van der Waals surface area contributed by atoms with Crippen LogP contribution in [0, 0.1) is 5.82 Å².